The molecule has 1 N–H and O–H groups in total. The van der Waals surface area contributed by atoms with Gasteiger partial charge in [0.2, 0.25) is 0 Å². The summed E-state index contributed by atoms with van der Waals surface area (Å²) in [5.41, 5.74) is 0. The van der Waals surface area contributed by atoms with Crippen molar-refractivity contribution in [3.05, 3.63) is 28.7 Å². The van der Waals surface area contributed by atoms with Crippen molar-refractivity contribution in [1.29, 1.82) is 0 Å². The van der Waals surface area contributed by atoms with Gasteiger partial charge in [-0.05, 0) is 53.4 Å². The van der Waals surface area contributed by atoms with Gasteiger partial charge in [0, 0.05) is 13.1 Å². The second-order valence-corrected chi connectivity index (χ2v) is 6.26. The van der Waals surface area contributed by atoms with Crippen LogP contribution in [0.25, 0.3) is 0 Å². The van der Waals surface area contributed by atoms with Crippen LogP contribution in [0.5, 0.6) is 5.75 Å². The van der Waals surface area contributed by atoms with E-state index >= 15 is 0 Å². The predicted molar refractivity (Wildman–Crippen MR) is 80.5 cm³/mol. The average molecular weight is 328 g/mol. The van der Waals surface area contributed by atoms with E-state index < -0.39 is 6.10 Å². The summed E-state index contributed by atoms with van der Waals surface area (Å²) >= 11 is 3.44. The lowest BCUT2D eigenvalue weighted by molar-refractivity contribution is 0.0535. The van der Waals surface area contributed by atoms with Crippen LogP contribution in [0, 0.1) is 5.92 Å². The van der Waals surface area contributed by atoms with Gasteiger partial charge in [-0.3, -0.25) is 0 Å². The van der Waals surface area contributed by atoms with Crippen LogP contribution in [0.3, 0.4) is 0 Å². The number of hydrogen-bond donors (Lipinski definition) is 1. The Labute approximate surface area is 123 Å². The Hall–Kier alpha value is -0.580. The molecule has 1 fully saturated rings. The number of aliphatic hydroxyl groups is 1. The van der Waals surface area contributed by atoms with Gasteiger partial charge in [0.15, 0.2) is 0 Å². The lowest BCUT2D eigenvalue weighted by atomic mass is 10.0. The Kier molecular flexibility index (Phi) is 5.67. The van der Waals surface area contributed by atoms with E-state index in [-0.39, 0.29) is 0 Å². The minimum atomic E-state index is -0.433. The SMILES string of the molecule is C[C@H]1CCCN(C[C@@H](O)COc2ccccc2Br)C1. The van der Waals surface area contributed by atoms with Crippen LogP contribution in [0.4, 0.5) is 0 Å². The molecule has 1 heterocycles. The Balaban J connectivity index is 1.75. The third kappa shape index (κ3) is 4.79. The summed E-state index contributed by atoms with van der Waals surface area (Å²) in [5.74, 6) is 1.53. The number of likely N-dealkylation sites (tertiary alicyclic amines) is 1. The Bertz CT molecular complexity index is 399. The molecule has 0 unspecified atom stereocenters. The van der Waals surface area contributed by atoms with Gasteiger partial charge in [-0.15, -0.1) is 0 Å². The molecule has 0 aliphatic carbocycles. The number of benzene rings is 1. The number of halogens is 1. The van der Waals surface area contributed by atoms with Crippen LogP contribution in [-0.4, -0.2) is 42.4 Å². The molecule has 0 amide bonds. The zero-order chi connectivity index (χ0) is 13.7. The van der Waals surface area contributed by atoms with Crippen molar-refractivity contribution in [1.82, 2.24) is 4.90 Å². The topological polar surface area (TPSA) is 32.7 Å². The molecule has 4 heteroatoms. The van der Waals surface area contributed by atoms with Gasteiger partial charge in [0.1, 0.15) is 18.5 Å². The largest absolute Gasteiger partial charge is 0.490 e. The number of rotatable bonds is 5. The van der Waals surface area contributed by atoms with Crippen LogP contribution in [-0.2, 0) is 0 Å². The van der Waals surface area contributed by atoms with Gasteiger partial charge >= 0.3 is 0 Å². The number of nitrogens with zero attached hydrogens (tertiary/aromatic N) is 1. The predicted octanol–water partition coefficient (Wildman–Crippen LogP) is 2.92. The fourth-order valence-corrected chi connectivity index (χ4v) is 2.95. The zero-order valence-corrected chi connectivity index (χ0v) is 13.0. The highest BCUT2D eigenvalue weighted by Crippen LogP contribution is 2.24. The van der Waals surface area contributed by atoms with Crippen molar-refractivity contribution >= 4 is 15.9 Å². The molecule has 0 bridgehead atoms. The fourth-order valence-electron chi connectivity index (χ4n) is 2.55. The first-order valence-electron chi connectivity index (χ1n) is 6.93. The molecule has 1 aromatic carbocycles. The van der Waals surface area contributed by atoms with Crippen molar-refractivity contribution in [2.45, 2.75) is 25.9 Å². The summed E-state index contributed by atoms with van der Waals surface area (Å²) in [6.07, 6.45) is 2.11. The van der Waals surface area contributed by atoms with Crippen molar-refractivity contribution in [3.8, 4) is 5.75 Å². The van der Waals surface area contributed by atoms with Crippen molar-refractivity contribution in [2.24, 2.45) is 5.92 Å². The summed E-state index contributed by atoms with van der Waals surface area (Å²) in [6.45, 7) is 5.50. The Morgan fingerprint density at radius 2 is 2.26 bits per heavy atom. The Morgan fingerprint density at radius 1 is 1.47 bits per heavy atom. The maximum Gasteiger partial charge on any atom is 0.133 e. The van der Waals surface area contributed by atoms with Crippen LogP contribution < -0.4 is 4.74 Å². The van der Waals surface area contributed by atoms with E-state index in [1.807, 2.05) is 24.3 Å². The minimum Gasteiger partial charge on any atom is -0.490 e. The zero-order valence-electron chi connectivity index (χ0n) is 11.4. The quantitative estimate of drug-likeness (QED) is 0.902. The second-order valence-electron chi connectivity index (χ2n) is 5.40. The Morgan fingerprint density at radius 3 is 3.00 bits per heavy atom. The van der Waals surface area contributed by atoms with Crippen LogP contribution in [0.1, 0.15) is 19.8 Å². The molecule has 106 valence electrons. The summed E-state index contributed by atoms with van der Waals surface area (Å²) in [4.78, 5) is 2.34. The fraction of sp³-hybridized carbons (Fsp3) is 0.600. The van der Waals surface area contributed by atoms with Gasteiger partial charge in [-0.25, -0.2) is 0 Å². The van der Waals surface area contributed by atoms with Crippen LogP contribution in [0.15, 0.2) is 28.7 Å². The van der Waals surface area contributed by atoms with Crippen molar-refractivity contribution < 1.29 is 9.84 Å². The van der Waals surface area contributed by atoms with E-state index in [1.54, 1.807) is 0 Å². The van der Waals surface area contributed by atoms with Gasteiger partial charge in [-0.1, -0.05) is 19.1 Å². The van der Waals surface area contributed by atoms with E-state index in [4.69, 9.17) is 4.74 Å². The standard InChI is InChI=1S/C15H22BrNO2/c1-12-5-4-8-17(9-12)10-13(18)11-19-15-7-3-2-6-14(15)16/h2-3,6-7,12-13,18H,4-5,8-11H2,1H3/t12-,13+/m0/s1. The number of aliphatic hydroxyl groups excluding tert-OH is 1. The normalized spacial score (nSPS) is 22.2. The molecule has 0 saturated carbocycles. The van der Waals surface area contributed by atoms with E-state index in [0.717, 1.165) is 29.2 Å². The third-order valence-electron chi connectivity index (χ3n) is 3.48. The summed E-state index contributed by atoms with van der Waals surface area (Å²) in [5, 5.41) is 10.1. The molecule has 2 rings (SSSR count). The van der Waals surface area contributed by atoms with E-state index in [0.29, 0.717) is 13.2 Å². The molecule has 0 spiro atoms. The molecule has 1 aliphatic heterocycles. The number of hydrogen-bond acceptors (Lipinski definition) is 3. The lowest BCUT2D eigenvalue weighted by Gasteiger charge is -2.32. The number of β-amino-alcohol motifs (C(OH)–C–C–N with tert-alkyl or cyclic N) is 1. The molecule has 0 radical (unpaired) electrons. The smallest absolute Gasteiger partial charge is 0.133 e. The minimum absolute atomic E-state index is 0.341. The van der Waals surface area contributed by atoms with E-state index in [1.165, 1.54) is 12.8 Å². The summed E-state index contributed by atoms with van der Waals surface area (Å²) in [6, 6.07) is 7.72. The highest BCUT2D eigenvalue weighted by atomic mass is 79.9. The number of para-hydroxylation sites is 1. The van der Waals surface area contributed by atoms with E-state index in [2.05, 4.69) is 27.8 Å². The first-order valence-corrected chi connectivity index (χ1v) is 7.72. The molecule has 1 saturated heterocycles. The molecular formula is C15H22BrNO2. The molecule has 1 aliphatic rings. The second kappa shape index (κ2) is 7.27. The monoisotopic (exact) mass is 327 g/mol. The highest BCUT2D eigenvalue weighted by Gasteiger charge is 2.19. The van der Waals surface area contributed by atoms with Gasteiger partial charge in [-0.2, -0.15) is 0 Å². The van der Waals surface area contributed by atoms with Crippen molar-refractivity contribution in [2.75, 3.05) is 26.2 Å². The van der Waals surface area contributed by atoms with Gasteiger partial charge < -0.3 is 14.7 Å². The maximum atomic E-state index is 10.1. The molecule has 3 nitrogen and oxygen atoms in total. The number of ether oxygens (including phenoxy) is 1. The first-order chi connectivity index (χ1) is 9.15. The van der Waals surface area contributed by atoms with Gasteiger partial charge in [0.25, 0.3) is 0 Å². The number of piperidine rings is 1. The molecule has 19 heavy (non-hydrogen) atoms. The van der Waals surface area contributed by atoms with E-state index in [9.17, 15) is 5.11 Å². The summed E-state index contributed by atoms with van der Waals surface area (Å²) < 4.78 is 6.57. The summed E-state index contributed by atoms with van der Waals surface area (Å²) in [7, 11) is 0. The maximum absolute atomic E-state index is 10.1. The average Bonchev–Trinajstić information content (AvgIpc) is 2.38. The highest BCUT2D eigenvalue weighted by molar-refractivity contribution is 9.10. The van der Waals surface area contributed by atoms with Crippen molar-refractivity contribution in [3.63, 3.8) is 0 Å². The molecular weight excluding hydrogens is 306 g/mol. The molecule has 0 aromatic heterocycles. The first kappa shape index (κ1) is 14.8. The lowest BCUT2D eigenvalue weighted by Crippen LogP contribution is -2.41. The van der Waals surface area contributed by atoms with Crippen LogP contribution >= 0.6 is 15.9 Å². The third-order valence-corrected chi connectivity index (χ3v) is 4.13. The van der Waals surface area contributed by atoms with Gasteiger partial charge in [0.05, 0.1) is 4.47 Å². The van der Waals surface area contributed by atoms with Crippen LogP contribution in [0.2, 0.25) is 0 Å². The molecule has 2 atom stereocenters. The molecule has 1 aromatic rings.